The summed E-state index contributed by atoms with van der Waals surface area (Å²) < 4.78 is 36.0. The van der Waals surface area contributed by atoms with Crippen LogP contribution in [0.15, 0.2) is 23.1 Å². The molecular weight excluding hydrogens is 271 g/mol. The molecule has 1 aliphatic rings. The average molecular weight is 286 g/mol. The number of sulfonamides is 1. The Morgan fingerprint density at radius 3 is 2.53 bits per heavy atom. The predicted octanol–water partition coefficient (Wildman–Crippen LogP) is 1.15. The molecule has 1 aromatic carbocycles. The van der Waals surface area contributed by atoms with E-state index >= 15 is 0 Å². The molecule has 19 heavy (non-hydrogen) atoms. The van der Waals surface area contributed by atoms with Gasteiger partial charge in [-0.25, -0.2) is 17.9 Å². The fraction of sp³-hybridized carbons (Fsp3) is 0.417. The SMILES string of the molecule is CC1(NC(=O)c2cc(S(N)(=O)=O)ccc2F)CCC1. The molecule has 0 aliphatic heterocycles. The largest absolute Gasteiger partial charge is 0.347 e. The van der Waals surface area contributed by atoms with E-state index in [0.29, 0.717) is 0 Å². The van der Waals surface area contributed by atoms with Gasteiger partial charge in [0.25, 0.3) is 5.91 Å². The van der Waals surface area contributed by atoms with Crippen molar-refractivity contribution < 1.29 is 17.6 Å². The lowest BCUT2D eigenvalue weighted by Crippen LogP contribution is -2.51. The topological polar surface area (TPSA) is 89.3 Å². The minimum absolute atomic E-state index is 0.280. The Kier molecular flexibility index (Phi) is 3.36. The zero-order valence-electron chi connectivity index (χ0n) is 10.4. The van der Waals surface area contributed by atoms with Crippen LogP contribution in [0.1, 0.15) is 36.5 Å². The smallest absolute Gasteiger partial charge is 0.254 e. The van der Waals surface area contributed by atoms with Crippen molar-refractivity contribution in [1.82, 2.24) is 5.32 Å². The number of primary sulfonamides is 1. The highest BCUT2D eigenvalue weighted by atomic mass is 32.2. The molecule has 0 spiro atoms. The van der Waals surface area contributed by atoms with Crippen LogP contribution < -0.4 is 10.5 Å². The van der Waals surface area contributed by atoms with Crippen LogP contribution in [0, 0.1) is 5.82 Å². The molecule has 0 saturated heterocycles. The van der Waals surface area contributed by atoms with Crippen molar-refractivity contribution in [2.24, 2.45) is 5.14 Å². The Bertz CT molecular complexity index is 624. The van der Waals surface area contributed by atoms with Crippen LogP contribution in [0.5, 0.6) is 0 Å². The summed E-state index contributed by atoms with van der Waals surface area (Å²) >= 11 is 0. The first-order valence-corrected chi connectivity index (χ1v) is 7.41. The number of nitrogens with two attached hydrogens (primary N) is 1. The maximum Gasteiger partial charge on any atom is 0.254 e. The molecule has 1 aromatic rings. The van der Waals surface area contributed by atoms with E-state index < -0.39 is 21.7 Å². The maximum absolute atomic E-state index is 13.6. The van der Waals surface area contributed by atoms with Crippen LogP contribution in [0.3, 0.4) is 0 Å². The Labute approximate surface area is 111 Å². The summed E-state index contributed by atoms with van der Waals surface area (Å²) in [6.45, 7) is 1.87. The molecule has 1 amide bonds. The van der Waals surface area contributed by atoms with Crippen molar-refractivity contribution in [3.8, 4) is 0 Å². The van der Waals surface area contributed by atoms with Gasteiger partial charge in [0, 0.05) is 5.54 Å². The first kappa shape index (κ1) is 14.0. The van der Waals surface area contributed by atoms with E-state index in [0.717, 1.165) is 37.5 Å². The lowest BCUT2D eigenvalue weighted by molar-refractivity contribution is 0.0846. The quantitative estimate of drug-likeness (QED) is 0.873. The number of benzene rings is 1. The van der Waals surface area contributed by atoms with Crippen LogP contribution in [0.4, 0.5) is 4.39 Å². The van der Waals surface area contributed by atoms with Crippen molar-refractivity contribution in [2.75, 3.05) is 0 Å². The molecule has 5 nitrogen and oxygen atoms in total. The number of carbonyl (C=O) groups excluding carboxylic acids is 1. The number of nitrogens with one attached hydrogen (secondary N) is 1. The zero-order chi connectivity index (χ0) is 14.3. The van der Waals surface area contributed by atoms with Gasteiger partial charge in [0.05, 0.1) is 10.5 Å². The second-order valence-corrected chi connectivity index (χ2v) is 6.62. The third kappa shape index (κ3) is 2.93. The summed E-state index contributed by atoms with van der Waals surface area (Å²) in [4.78, 5) is 11.7. The van der Waals surface area contributed by atoms with Crippen molar-refractivity contribution in [2.45, 2.75) is 36.6 Å². The molecule has 0 bridgehead atoms. The molecular formula is C12H15FN2O3S. The zero-order valence-corrected chi connectivity index (χ0v) is 11.3. The Balaban J connectivity index is 2.30. The molecule has 7 heteroatoms. The highest BCUT2D eigenvalue weighted by molar-refractivity contribution is 7.89. The molecule has 0 aromatic heterocycles. The Morgan fingerprint density at radius 1 is 1.42 bits per heavy atom. The molecule has 0 unspecified atom stereocenters. The van der Waals surface area contributed by atoms with Crippen molar-refractivity contribution >= 4 is 15.9 Å². The van der Waals surface area contributed by atoms with E-state index in [9.17, 15) is 17.6 Å². The molecule has 0 atom stereocenters. The summed E-state index contributed by atoms with van der Waals surface area (Å²) in [6.07, 6.45) is 2.67. The van der Waals surface area contributed by atoms with E-state index in [4.69, 9.17) is 5.14 Å². The number of rotatable bonds is 3. The second kappa shape index (κ2) is 4.57. The average Bonchev–Trinajstić information content (AvgIpc) is 2.25. The summed E-state index contributed by atoms with van der Waals surface area (Å²) in [5, 5.41) is 7.67. The van der Waals surface area contributed by atoms with Gasteiger partial charge >= 0.3 is 0 Å². The number of halogens is 1. The lowest BCUT2D eigenvalue weighted by Gasteiger charge is -2.39. The van der Waals surface area contributed by atoms with Gasteiger partial charge < -0.3 is 5.32 Å². The number of carbonyl (C=O) groups is 1. The van der Waals surface area contributed by atoms with Crippen LogP contribution in [0.2, 0.25) is 0 Å². The fourth-order valence-electron chi connectivity index (χ4n) is 2.03. The Hall–Kier alpha value is -1.47. The van der Waals surface area contributed by atoms with Gasteiger partial charge in [-0.1, -0.05) is 0 Å². The van der Waals surface area contributed by atoms with Gasteiger partial charge in [-0.2, -0.15) is 0 Å². The summed E-state index contributed by atoms with van der Waals surface area (Å²) in [6, 6.07) is 2.92. The summed E-state index contributed by atoms with van der Waals surface area (Å²) in [5.74, 6) is -1.39. The van der Waals surface area contributed by atoms with Crippen molar-refractivity contribution in [1.29, 1.82) is 0 Å². The lowest BCUT2D eigenvalue weighted by atomic mass is 9.78. The molecule has 0 radical (unpaired) electrons. The molecule has 1 saturated carbocycles. The van der Waals surface area contributed by atoms with Gasteiger partial charge in [0.2, 0.25) is 10.0 Å². The molecule has 104 valence electrons. The van der Waals surface area contributed by atoms with Crippen molar-refractivity contribution in [3.05, 3.63) is 29.6 Å². The normalized spacial score (nSPS) is 17.6. The van der Waals surface area contributed by atoms with Crippen molar-refractivity contribution in [3.63, 3.8) is 0 Å². The molecule has 0 heterocycles. The first-order valence-electron chi connectivity index (χ1n) is 5.86. The molecule has 2 rings (SSSR count). The van der Waals surface area contributed by atoms with Gasteiger partial charge in [-0.15, -0.1) is 0 Å². The monoisotopic (exact) mass is 286 g/mol. The third-order valence-corrected chi connectivity index (χ3v) is 4.29. The van der Waals surface area contributed by atoms with E-state index in [2.05, 4.69) is 5.32 Å². The highest BCUT2D eigenvalue weighted by Crippen LogP contribution is 2.31. The van der Waals surface area contributed by atoms with Crippen LogP contribution in [-0.2, 0) is 10.0 Å². The Morgan fingerprint density at radius 2 is 2.05 bits per heavy atom. The minimum atomic E-state index is -3.96. The van der Waals surface area contributed by atoms with Crippen LogP contribution in [-0.4, -0.2) is 19.9 Å². The van der Waals surface area contributed by atoms with E-state index in [1.807, 2.05) is 6.92 Å². The van der Waals surface area contributed by atoms with Gasteiger partial charge in [-0.05, 0) is 44.4 Å². The van der Waals surface area contributed by atoms with E-state index in [1.54, 1.807) is 0 Å². The standard InChI is InChI=1S/C12H15FN2O3S/c1-12(5-2-6-12)15-11(16)9-7-8(19(14,17)18)3-4-10(9)13/h3-4,7H,2,5-6H2,1H3,(H,15,16)(H2,14,17,18). The molecule has 3 N–H and O–H groups in total. The second-order valence-electron chi connectivity index (χ2n) is 5.05. The van der Waals surface area contributed by atoms with Crippen LogP contribution >= 0.6 is 0 Å². The molecule has 1 fully saturated rings. The number of hydrogen-bond acceptors (Lipinski definition) is 3. The number of hydrogen-bond donors (Lipinski definition) is 2. The maximum atomic E-state index is 13.6. The van der Waals surface area contributed by atoms with Gasteiger partial charge in [0.15, 0.2) is 0 Å². The predicted molar refractivity (Wildman–Crippen MR) is 67.5 cm³/mol. The van der Waals surface area contributed by atoms with Crippen LogP contribution in [0.25, 0.3) is 0 Å². The van der Waals surface area contributed by atoms with E-state index in [1.165, 1.54) is 0 Å². The van der Waals surface area contributed by atoms with Gasteiger partial charge in [-0.3, -0.25) is 4.79 Å². The third-order valence-electron chi connectivity index (χ3n) is 3.38. The molecule has 1 aliphatic carbocycles. The number of amides is 1. The minimum Gasteiger partial charge on any atom is -0.347 e. The van der Waals surface area contributed by atoms with Gasteiger partial charge in [0.1, 0.15) is 5.82 Å². The summed E-state index contributed by atoms with van der Waals surface area (Å²) in [5.41, 5.74) is -0.638. The first-order chi connectivity index (χ1) is 8.71. The summed E-state index contributed by atoms with van der Waals surface area (Å²) in [7, 11) is -3.96. The van der Waals surface area contributed by atoms with E-state index in [-0.39, 0.29) is 16.0 Å². The highest BCUT2D eigenvalue weighted by Gasteiger charge is 2.34. The fourth-order valence-corrected chi connectivity index (χ4v) is 2.57.